The Bertz CT molecular complexity index is 1170. The van der Waals surface area contributed by atoms with Crippen LogP contribution in [0.3, 0.4) is 0 Å². The highest BCUT2D eigenvalue weighted by Crippen LogP contribution is 2.13. The molecule has 33 heavy (non-hydrogen) atoms. The predicted molar refractivity (Wildman–Crippen MR) is 123 cm³/mol. The summed E-state index contributed by atoms with van der Waals surface area (Å²) in [5.41, 5.74) is 1.74. The Balaban J connectivity index is 1.30. The summed E-state index contributed by atoms with van der Waals surface area (Å²) in [6.07, 6.45) is 3.02. The van der Waals surface area contributed by atoms with Crippen molar-refractivity contribution in [3.8, 4) is 0 Å². The molecule has 0 atom stereocenters. The van der Waals surface area contributed by atoms with Gasteiger partial charge in [0.15, 0.2) is 17.3 Å². The second-order valence-corrected chi connectivity index (χ2v) is 8.05. The summed E-state index contributed by atoms with van der Waals surface area (Å²) in [4.78, 5) is 37.5. The summed E-state index contributed by atoms with van der Waals surface area (Å²) < 4.78 is 1.63. The number of anilines is 2. The first kappa shape index (κ1) is 22.4. The minimum Gasteiger partial charge on any atom is -0.369 e. The molecule has 10 nitrogen and oxygen atoms in total. The predicted octanol–water partition coefficient (Wildman–Crippen LogP) is 2.32. The number of ketones is 1. The van der Waals surface area contributed by atoms with Crippen LogP contribution in [0.25, 0.3) is 5.65 Å². The summed E-state index contributed by atoms with van der Waals surface area (Å²) in [5, 5.41) is 18.9. The maximum absolute atomic E-state index is 12.4. The van der Waals surface area contributed by atoms with E-state index < -0.39 is 0 Å². The Kier molecular flexibility index (Phi) is 6.92. The maximum Gasteiger partial charge on any atom is 0.224 e. The van der Waals surface area contributed by atoms with Crippen LogP contribution in [0.1, 0.15) is 48.8 Å². The standard InChI is InChI=1S/C23H27N7O3/c1-16(31)17-5-2-6-18(15-17)25-22(32)11-10-21-27-26-20-9-8-19(28-30(20)21)24-12-4-14-29-13-3-7-23(29)33/h2,5-6,8-9,15H,3-4,7,10-14H2,1H3,(H,24,28)(H,25,32). The van der Waals surface area contributed by atoms with Gasteiger partial charge in [0.2, 0.25) is 11.8 Å². The lowest BCUT2D eigenvalue weighted by molar-refractivity contribution is -0.127. The number of fused-ring (bicyclic) bond motifs is 1. The molecule has 0 unspecified atom stereocenters. The van der Waals surface area contributed by atoms with Gasteiger partial charge in [0, 0.05) is 50.1 Å². The lowest BCUT2D eigenvalue weighted by atomic mass is 10.1. The number of hydrogen-bond donors (Lipinski definition) is 2. The molecule has 0 aliphatic carbocycles. The number of amides is 2. The first-order chi connectivity index (χ1) is 16.0. The van der Waals surface area contributed by atoms with Crippen molar-refractivity contribution in [2.24, 2.45) is 0 Å². The van der Waals surface area contributed by atoms with Crippen LogP contribution in [0.5, 0.6) is 0 Å². The van der Waals surface area contributed by atoms with Gasteiger partial charge in [-0.2, -0.15) is 4.52 Å². The molecule has 1 saturated heterocycles. The lowest BCUT2D eigenvalue weighted by Gasteiger charge is -2.15. The highest BCUT2D eigenvalue weighted by Gasteiger charge is 2.19. The van der Waals surface area contributed by atoms with Gasteiger partial charge in [-0.3, -0.25) is 14.4 Å². The number of rotatable bonds is 10. The minimum absolute atomic E-state index is 0.0546. The van der Waals surface area contributed by atoms with Crippen LogP contribution in [0.4, 0.5) is 11.5 Å². The number of nitrogens with one attached hydrogen (secondary N) is 2. The highest BCUT2D eigenvalue weighted by atomic mass is 16.2. The van der Waals surface area contributed by atoms with E-state index in [2.05, 4.69) is 25.9 Å². The topological polar surface area (TPSA) is 122 Å². The van der Waals surface area contributed by atoms with E-state index in [1.54, 1.807) is 28.8 Å². The highest BCUT2D eigenvalue weighted by molar-refractivity contribution is 5.97. The first-order valence-corrected chi connectivity index (χ1v) is 11.1. The molecule has 3 aromatic rings. The molecule has 2 N–H and O–H groups in total. The Morgan fingerprint density at radius 3 is 2.82 bits per heavy atom. The van der Waals surface area contributed by atoms with Crippen LogP contribution in [0, 0.1) is 0 Å². The van der Waals surface area contributed by atoms with Gasteiger partial charge in [0.05, 0.1) is 0 Å². The summed E-state index contributed by atoms with van der Waals surface area (Å²) >= 11 is 0. The number of Topliss-reactive ketones (excluding diaryl/α,β-unsaturated/α-hetero) is 1. The third-order valence-corrected chi connectivity index (χ3v) is 5.54. The summed E-state index contributed by atoms with van der Waals surface area (Å²) in [7, 11) is 0. The first-order valence-electron chi connectivity index (χ1n) is 11.1. The van der Waals surface area contributed by atoms with E-state index in [9.17, 15) is 14.4 Å². The SMILES string of the molecule is CC(=O)c1cccc(NC(=O)CCc2nnc3ccc(NCCCN4CCCC4=O)nn23)c1. The van der Waals surface area contributed by atoms with Crippen molar-refractivity contribution in [3.05, 3.63) is 47.8 Å². The Morgan fingerprint density at radius 1 is 1.15 bits per heavy atom. The van der Waals surface area contributed by atoms with Crippen molar-refractivity contribution in [1.29, 1.82) is 0 Å². The van der Waals surface area contributed by atoms with E-state index >= 15 is 0 Å². The van der Waals surface area contributed by atoms with E-state index in [1.165, 1.54) is 6.92 Å². The molecule has 2 amide bonds. The van der Waals surface area contributed by atoms with E-state index in [0.717, 1.165) is 25.9 Å². The molecule has 4 rings (SSSR count). The molecule has 0 saturated carbocycles. The van der Waals surface area contributed by atoms with E-state index in [0.29, 0.717) is 47.9 Å². The number of nitrogens with zero attached hydrogens (tertiary/aromatic N) is 5. The van der Waals surface area contributed by atoms with Crippen molar-refractivity contribution in [2.45, 2.75) is 39.0 Å². The molecule has 10 heteroatoms. The fourth-order valence-corrected chi connectivity index (χ4v) is 3.78. The number of likely N-dealkylation sites (tertiary alicyclic amines) is 1. The third-order valence-electron chi connectivity index (χ3n) is 5.54. The Hall–Kier alpha value is -3.82. The van der Waals surface area contributed by atoms with Crippen LogP contribution in [0.2, 0.25) is 0 Å². The smallest absolute Gasteiger partial charge is 0.224 e. The van der Waals surface area contributed by atoms with Gasteiger partial charge < -0.3 is 15.5 Å². The van der Waals surface area contributed by atoms with Crippen molar-refractivity contribution in [3.63, 3.8) is 0 Å². The van der Waals surface area contributed by atoms with Crippen LogP contribution >= 0.6 is 0 Å². The van der Waals surface area contributed by atoms with Gasteiger partial charge >= 0.3 is 0 Å². The van der Waals surface area contributed by atoms with Crippen molar-refractivity contribution >= 4 is 34.8 Å². The Morgan fingerprint density at radius 2 is 2.03 bits per heavy atom. The monoisotopic (exact) mass is 449 g/mol. The van der Waals surface area contributed by atoms with Gasteiger partial charge in [-0.25, -0.2) is 0 Å². The zero-order chi connectivity index (χ0) is 23.2. The third kappa shape index (κ3) is 5.71. The van der Waals surface area contributed by atoms with Crippen LogP contribution in [-0.4, -0.2) is 61.9 Å². The molecule has 1 fully saturated rings. The summed E-state index contributed by atoms with van der Waals surface area (Å²) in [5.74, 6) is 1.27. The normalized spacial score (nSPS) is 13.5. The molecule has 0 spiro atoms. The van der Waals surface area contributed by atoms with E-state index in [1.807, 2.05) is 17.0 Å². The van der Waals surface area contributed by atoms with Gasteiger partial charge in [-0.1, -0.05) is 12.1 Å². The molecule has 1 aliphatic rings. The average Bonchev–Trinajstić information content (AvgIpc) is 3.41. The van der Waals surface area contributed by atoms with Crippen LogP contribution in [-0.2, 0) is 16.0 Å². The maximum atomic E-state index is 12.4. The molecular formula is C23H27N7O3. The fourth-order valence-electron chi connectivity index (χ4n) is 3.78. The van der Waals surface area contributed by atoms with Crippen molar-refractivity contribution in [2.75, 3.05) is 30.3 Å². The molecule has 172 valence electrons. The number of carbonyl (C=O) groups is 3. The van der Waals surface area contributed by atoms with Crippen molar-refractivity contribution in [1.82, 2.24) is 24.7 Å². The number of aryl methyl sites for hydroxylation is 1. The zero-order valence-corrected chi connectivity index (χ0v) is 18.6. The number of hydrogen-bond acceptors (Lipinski definition) is 7. The molecule has 1 aromatic carbocycles. The summed E-state index contributed by atoms with van der Waals surface area (Å²) in [6, 6.07) is 10.5. The molecular weight excluding hydrogens is 422 g/mol. The number of aromatic nitrogens is 4. The minimum atomic E-state index is -0.182. The van der Waals surface area contributed by atoms with Gasteiger partial charge in [0.25, 0.3) is 0 Å². The average molecular weight is 450 g/mol. The largest absolute Gasteiger partial charge is 0.369 e. The second kappa shape index (κ2) is 10.2. The summed E-state index contributed by atoms with van der Waals surface area (Å²) in [6.45, 7) is 3.78. The Labute approximate surface area is 191 Å². The van der Waals surface area contributed by atoms with Gasteiger partial charge in [0.1, 0.15) is 5.82 Å². The molecule has 2 aromatic heterocycles. The lowest BCUT2D eigenvalue weighted by Crippen LogP contribution is -2.27. The second-order valence-electron chi connectivity index (χ2n) is 8.05. The van der Waals surface area contributed by atoms with Gasteiger partial charge in [-0.05, 0) is 44.0 Å². The van der Waals surface area contributed by atoms with Crippen LogP contribution < -0.4 is 10.6 Å². The molecule has 0 bridgehead atoms. The van der Waals surface area contributed by atoms with Crippen LogP contribution in [0.15, 0.2) is 36.4 Å². The van der Waals surface area contributed by atoms with Crippen molar-refractivity contribution < 1.29 is 14.4 Å². The quantitative estimate of drug-likeness (QED) is 0.360. The number of carbonyl (C=O) groups excluding carboxylic acids is 3. The van der Waals surface area contributed by atoms with E-state index in [-0.39, 0.29) is 24.0 Å². The molecule has 1 aliphatic heterocycles. The fraction of sp³-hybridized carbons (Fsp3) is 0.391. The zero-order valence-electron chi connectivity index (χ0n) is 18.6. The van der Waals surface area contributed by atoms with Gasteiger partial charge in [-0.15, -0.1) is 15.3 Å². The molecule has 3 heterocycles. The number of benzene rings is 1. The molecule has 0 radical (unpaired) electrons. The van der Waals surface area contributed by atoms with E-state index in [4.69, 9.17) is 0 Å².